The summed E-state index contributed by atoms with van der Waals surface area (Å²) in [6.07, 6.45) is 2.11. The summed E-state index contributed by atoms with van der Waals surface area (Å²) in [7, 11) is 0. The maximum atomic E-state index is 13.6. The average molecular weight is 288 g/mol. The van der Waals surface area contributed by atoms with E-state index in [2.05, 4.69) is 0 Å². The van der Waals surface area contributed by atoms with Crippen LogP contribution in [0, 0.1) is 11.6 Å². The zero-order valence-corrected chi connectivity index (χ0v) is 11.4. The molecular weight excluding hydrogens is 274 g/mol. The van der Waals surface area contributed by atoms with Crippen molar-refractivity contribution in [2.24, 2.45) is 0 Å². The number of Topliss-reactive ketones (excluding diaryl/α,β-unsaturated/α-hetero) is 1. The molecule has 0 saturated heterocycles. The zero-order valence-electron chi connectivity index (χ0n) is 11.4. The van der Waals surface area contributed by atoms with E-state index in [0.717, 1.165) is 36.6 Å². The summed E-state index contributed by atoms with van der Waals surface area (Å²) in [4.78, 5) is 11.8. The molecule has 108 valence electrons. The van der Waals surface area contributed by atoms with Crippen molar-refractivity contribution in [3.63, 3.8) is 0 Å². The van der Waals surface area contributed by atoms with Gasteiger partial charge in [0.05, 0.1) is 0 Å². The largest absolute Gasteiger partial charge is 0.488 e. The lowest BCUT2D eigenvalue weighted by atomic mass is 9.90. The number of rotatable bonds is 3. The Hall–Kier alpha value is -2.23. The maximum Gasteiger partial charge on any atom is 0.163 e. The summed E-state index contributed by atoms with van der Waals surface area (Å²) >= 11 is 0. The quantitative estimate of drug-likeness (QED) is 0.851. The van der Waals surface area contributed by atoms with Crippen LogP contribution in [0.4, 0.5) is 8.78 Å². The summed E-state index contributed by atoms with van der Waals surface area (Å²) in [5, 5.41) is 0. The summed E-state index contributed by atoms with van der Waals surface area (Å²) < 4.78 is 32.3. The van der Waals surface area contributed by atoms with E-state index in [1.807, 2.05) is 0 Å². The van der Waals surface area contributed by atoms with Gasteiger partial charge in [0.15, 0.2) is 5.78 Å². The summed E-state index contributed by atoms with van der Waals surface area (Å²) in [5.41, 5.74) is 1.71. The van der Waals surface area contributed by atoms with Crippen LogP contribution in [0.2, 0.25) is 0 Å². The molecule has 2 aromatic rings. The van der Waals surface area contributed by atoms with Gasteiger partial charge in [-0.15, -0.1) is 0 Å². The third kappa shape index (κ3) is 2.79. The van der Waals surface area contributed by atoms with Crippen molar-refractivity contribution in [2.45, 2.75) is 25.9 Å². The fraction of sp³-hybridized carbons (Fsp3) is 0.235. The Labute approximate surface area is 121 Å². The Balaban J connectivity index is 1.84. The van der Waals surface area contributed by atoms with Crippen LogP contribution in [0.5, 0.6) is 5.75 Å². The van der Waals surface area contributed by atoms with Gasteiger partial charge in [0.2, 0.25) is 0 Å². The van der Waals surface area contributed by atoms with Crippen LogP contribution < -0.4 is 4.74 Å². The summed E-state index contributed by atoms with van der Waals surface area (Å²) in [6.45, 7) is -0.0613. The van der Waals surface area contributed by atoms with Crippen molar-refractivity contribution in [1.82, 2.24) is 0 Å². The molecule has 0 spiro atoms. The van der Waals surface area contributed by atoms with Gasteiger partial charge in [-0.25, -0.2) is 8.78 Å². The Morgan fingerprint density at radius 3 is 2.81 bits per heavy atom. The van der Waals surface area contributed by atoms with E-state index in [1.165, 1.54) is 0 Å². The van der Waals surface area contributed by atoms with Crippen LogP contribution in [0.1, 0.15) is 34.3 Å². The third-order valence-electron chi connectivity index (χ3n) is 3.66. The highest BCUT2D eigenvalue weighted by Gasteiger charge is 2.20. The Morgan fingerprint density at radius 2 is 1.95 bits per heavy atom. The molecular formula is C17H14F2O2. The van der Waals surface area contributed by atoms with E-state index >= 15 is 0 Å². The molecule has 0 heterocycles. The van der Waals surface area contributed by atoms with Crippen molar-refractivity contribution in [3.05, 3.63) is 64.7 Å². The maximum absolute atomic E-state index is 13.6. The van der Waals surface area contributed by atoms with Gasteiger partial charge < -0.3 is 4.74 Å². The first kappa shape index (κ1) is 13.7. The minimum absolute atomic E-state index is 0.0613. The third-order valence-corrected chi connectivity index (χ3v) is 3.66. The minimum atomic E-state index is -0.503. The van der Waals surface area contributed by atoms with Gasteiger partial charge in [-0.2, -0.15) is 0 Å². The Kier molecular flexibility index (Phi) is 3.69. The smallest absolute Gasteiger partial charge is 0.163 e. The van der Waals surface area contributed by atoms with E-state index in [9.17, 15) is 13.6 Å². The molecule has 0 amide bonds. The van der Waals surface area contributed by atoms with Crippen molar-refractivity contribution in [1.29, 1.82) is 0 Å². The van der Waals surface area contributed by atoms with E-state index in [-0.39, 0.29) is 18.0 Å². The molecule has 0 unspecified atom stereocenters. The molecule has 0 saturated carbocycles. The molecule has 0 bridgehead atoms. The SMILES string of the molecule is O=C1CCCc2c(OCc3cc(F)ccc3F)cccc21. The molecule has 0 aromatic heterocycles. The number of carbonyl (C=O) groups is 1. The fourth-order valence-electron chi connectivity index (χ4n) is 2.59. The highest BCUT2D eigenvalue weighted by atomic mass is 19.1. The van der Waals surface area contributed by atoms with Crippen molar-refractivity contribution in [2.75, 3.05) is 0 Å². The van der Waals surface area contributed by atoms with E-state index < -0.39 is 11.6 Å². The second-order valence-electron chi connectivity index (χ2n) is 5.08. The lowest BCUT2D eigenvalue weighted by Crippen LogP contribution is -2.12. The topological polar surface area (TPSA) is 26.3 Å². The van der Waals surface area contributed by atoms with Crippen molar-refractivity contribution >= 4 is 5.78 Å². The van der Waals surface area contributed by atoms with E-state index in [1.54, 1.807) is 18.2 Å². The van der Waals surface area contributed by atoms with Gasteiger partial charge in [0.25, 0.3) is 0 Å². The first-order valence-corrected chi connectivity index (χ1v) is 6.87. The molecule has 0 fully saturated rings. The molecule has 21 heavy (non-hydrogen) atoms. The van der Waals surface area contributed by atoms with Crippen LogP contribution >= 0.6 is 0 Å². The number of halogens is 2. The van der Waals surface area contributed by atoms with E-state index in [4.69, 9.17) is 4.74 Å². The van der Waals surface area contributed by atoms with Crippen LogP contribution in [-0.2, 0) is 13.0 Å². The molecule has 1 aliphatic rings. The normalized spacial score (nSPS) is 13.9. The van der Waals surface area contributed by atoms with Gasteiger partial charge >= 0.3 is 0 Å². The molecule has 0 aliphatic heterocycles. The van der Waals surface area contributed by atoms with Crippen molar-refractivity contribution < 1.29 is 18.3 Å². The molecule has 2 aromatic carbocycles. The van der Waals surface area contributed by atoms with Gasteiger partial charge in [-0.1, -0.05) is 12.1 Å². The highest BCUT2D eigenvalue weighted by Crippen LogP contribution is 2.30. The lowest BCUT2D eigenvalue weighted by molar-refractivity contribution is 0.0971. The first-order chi connectivity index (χ1) is 10.1. The molecule has 1 aliphatic carbocycles. The van der Waals surface area contributed by atoms with Crippen LogP contribution in [0.3, 0.4) is 0 Å². The van der Waals surface area contributed by atoms with Crippen LogP contribution in [-0.4, -0.2) is 5.78 Å². The Bertz CT molecular complexity index is 695. The molecule has 0 radical (unpaired) electrons. The number of ketones is 1. The Morgan fingerprint density at radius 1 is 1.10 bits per heavy atom. The monoisotopic (exact) mass is 288 g/mol. The summed E-state index contributed by atoms with van der Waals surface area (Å²) in [6, 6.07) is 8.57. The molecule has 3 rings (SSSR count). The average Bonchev–Trinajstić information content (AvgIpc) is 2.49. The predicted octanol–water partition coefficient (Wildman–Crippen LogP) is 4.06. The highest BCUT2D eigenvalue weighted by molar-refractivity contribution is 5.99. The van der Waals surface area contributed by atoms with Gasteiger partial charge in [-0.3, -0.25) is 4.79 Å². The van der Waals surface area contributed by atoms with Gasteiger partial charge in [0, 0.05) is 23.1 Å². The second-order valence-corrected chi connectivity index (χ2v) is 5.08. The van der Waals surface area contributed by atoms with E-state index in [0.29, 0.717) is 17.7 Å². The number of fused-ring (bicyclic) bond motifs is 1. The molecule has 0 atom stereocenters. The molecule has 4 heteroatoms. The zero-order chi connectivity index (χ0) is 14.8. The second kappa shape index (κ2) is 5.64. The number of carbonyl (C=O) groups excluding carboxylic acids is 1. The number of hydrogen-bond donors (Lipinski definition) is 0. The minimum Gasteiger partial charge on any atom is -0.488 e. The van der Waals surface area contributed by atoms with Gasteiger partial charge in [-0.05, 0) is 37.1 Å². The molecule has 2 nitrogen and oxygen atoms in total. The number of ether oxygens (including phenoxy) is 1. The van der Waals surface area contributed by atoms with Crippen LogP contribution in [0.15, 0.2) is 36.4 Å². The molecule has 0 N–H and O–H groups in total. The summed E-state index contributed by atoms with van der Waals surface area (Å²) in [5.74, 6) is -0.319. The fourth-order valence-corrected chi connectivity index (χ4v) is 2.59. The van der Waals surface area contributed by atoms with Gasteiger partial charge in [0.1, 0.15) is 24.0 Å². The lowest BCUT2D eigenvalue weighted by Gasteiger charge is -2.18. The van der Waals surface area contributed by atoms with Crippen LogP contribution in [0.25, 0.3) is 0 Å². The standard InChI is InChI=1S/C17H14F2O2/c18-12-7-8-15(19)11(9-12)10-21-17-6-2-3-13-14(17)4-1-5-16(13)20/h2-3,6-9H,1,4-5,10H2. The number of benzene rings is 2. The van der Waals surface area contributed by atoms with Crippen molar-refractivity contribution in [3.8, 4) is 5.75 Å². The predicted molar refractivity (Wildman–Crippen MR) is 74.4 cm³/mol. The number of hydrogen-bond acceptors (Lipinski definition) is 2. The first-order valence-electron chi connectivity index (χ1n) is 6.87.